The van der Waals surface area contributed by atoms with Crippen LogP contribution >= 0.6 is 0 Å². The van der Waals surface area contributed by atoms with E-state index in [1.54, 1.807) is 0 Å². The third-order valence-electron chi connectivity index (χ3n) is 10.2. The number of nitrogens with zero attached hydrogens (tertiary/aromatic N) is 5. The van der Waals surface area contributed by atoms with Gasteiger partial charge in [-0.15, -0.1) is 0 Å². The fraction of sp³-hybridized carbons (Fsp3) is 0. The molecule has 0 radical (unpaired) electrons. The van der Waals surface area contributed by atoms with Crippen molar-refractivity contribution in [3.8, 4) is 11.8 Å². The number of benzene rings is 7. The van der Waals surface area contributed by atoms with Gasteiger partial charge in [0.2, 0.25) is 0 Å². The van der Waals surface area contributed by atoms with Gasteiger partial charge in [-0.3, -0.25) is 0 Å². The zero-order valence-electron chi connectivity index (χ0n) is 26.8. The number of rotatable bonds is 3. The minimum absolute atomic E-state index is 0.621. The topological polar surface area (TPSA) is 39.6 Å². The van der Waals surface area contributed by atoms with Crippen molar-refractivity contribution in [2.45, 2.75) is 0 Å². The van der Waals surface area contributed by atoms with Crippen molar-refractivity contribution < 1.29 is 0 Å². The average Bonchev–Trinajstić information content (AvgIpc) is 3.52. The van der Waals surface area contributed by atoms with Crippen molar-refractivity contribution in [1.29, 1.82) is 5.26 Å². The Hall–Kier alpha value is -6.44. The van der Waals surface area contributed by atoms with Crippen molar-refractivity contribution in [3.05, 3.63) is 175 Å². The summed E-state index contributed by atoms with van der Waals surface area (Å²) in [5, 5.41) is 12.5. The Bertz CT molecular complexity index is 2570. The fourth-order valence-electron chi connectivity index (χ4n) is 8.14. The Morgan fingerprint density at radius 3 is 1.60 bits per heavy atom. The molecular formula is C44H26GaN5. The van der Waals surface area contributed by atoms with E-state index in [0.29, 0.717) is 11.3 Å². The summed E-state index contributed by atoms with van der Waals surface area (Å²) in [5.74, 6) is 0. The molecule has 0 fully saturated rings. The zero-order chi connectivity index (χ0) is 33.3. The summed E-state index contributed by atoms with van der Waals surface area (Å²) in [7, 11) is 0. The summed E-state index contributed by atoms with van der Waals surface area (Å²) in [4.78, 5) is 8.63. The predicted octanol–water partition coefficient (Wildman–Crippen LogP) is 9.29. The Kier molecular flexibility index (Phi) is 6.31. The van der Waals surface area contributed by atoms with Crippen molar-refractivity contribution in [3.63, 3.8) is 0 Å². The molecule has 2 aliphatic heterocycles. The molecule has 2 aliphatic rings. The molecule has 0 saturated heterocycles. The van der Waals surface area contributed by atoms with Gasteiger partial charge in [-0.2, -0.15) is 0 Å². The van der Waals surface area contributed by atoms with Gasteiger partial charge in [0.25, 0.3) is 0 Å². The Balaban J connectivity index is 1.39. The molecule has 10 rings (SSSR count). The van der Waals surface area contributed by atoms with E-state index in [-0.39, 0.29) is 0 Å². The first kappa shape index (κ1) is 28.6. The van der Waals surface area contributed by atoms with E-state index in [2.05, 4.69) is 165 Å². The SMILES string of the molecule is [C-]#[N+]c1cc[c]2c(c1)N(c1ccccc1)c1cc(-n3c4ccccc4c4ccccc43)cc3[c]1[Ga]2[c]1ccc(C#N)cc1N3c1ccccc1. The Labute approximate surface area is 295 Å². The van der Waals surface area contributed by atoms with Crippen LogP contribution in [0.2, 0.25) is 0 Å². The van der Waals surface area contributed by atoms with Gasteiger partial charge in [0.05, 0.1) is 0 Å². The fourth-order valence-corrected chi connectivity index (χ4v) is 15.6. The summed E-state index contributed by atoms with van der Waals surface area (Å²) >= 11 is -2.85. The van der Waals surface area contributed by atoms with Crippen molar-refractivity contribution in [1.82, 2.24) is 4.57 Å². The van der Waals surface area contributed by atoms with Gasteiger partial charge in [0.1, 0.15) is 0 Å². The van der Waals surface area contributed by atoms with Crippen molar-refractivity contribution in [2.75, 3.05) is 9.80 Å². The number of para-hydroxylation sites is 4. The minimum atomic E-state index is -2.85. The maximum absolute atomic E-state index is 10.1. The number of hydrogen-bond donors (Lipinski definition) is 0. The van der Waals surface area contributed by atoms with E-state index >= 15 is 0 Å². The van der Waals surface area contributed by atoms with Crippen LogP contribution in [0, 0.1) is 17.9 Å². The van der Waals surface area contributed by atoms with Crippen LogP contribution in [-0.4, -0.2) is 20.8 Å². The van der Waals surface area contributed by atoms with E-state index in [4.69, 9.17) is 6.57 Å². The second-order valence-electron chi connectivity index (χ2n) is 12.8. The molecule has 3 heterocycles. The normalized spacial score (nSPS) is 12.6. The van der Waals surface area contributed by atoms with Crippen LogP contribution in [0.3, 0.4) is 0 Å². The summed E-state index contributed by atoms with van der Waals surface area (Å²) in [6.07, 6.45) is 0. The third kappa shape index (κ3) is 4.07. The molecule has 5 nitrogen and oxygen atoms in total. The zero-order valence-corrected chi connectivity index (χ0v) is 29.2. The standard InChI is InChI=1S/C44H26N5.Ga/c1-46-33-15-13-21-37(27-33)48(35-18-6-3-7-19-35)39-28-38(47(34-16-4-2-5-17-34)36-20-12-14-32(26-36)31-45)29-40(30-39)49-43-24-10-8-22-41(43)42-23-9-11-25-44(42)49;/h2-19,22-27,29-30H;. The van der Waals surface area contributed by atoms with Crippen LogP contribution in [0.1, 0.15) is 5.56 Å². The first-order valence-corrected chi connectivity index (χ1v) is 20.3. The van der Waals surface area contributed by atoms with Crippen LogP contribution < -0.4 is 22.2 Å². The number of aromatic nitrogens is 1. The van der Waals surface area contributed by atoms with Gasteiger partial charge >= 0.3 is 296 Å². The van der Waals surface area contributed by atoms with Gasteiger partial charge in [-0.1, -0.05) is 0 Å². The first-order valence-electron chi connectivity index (χ1n) is 16.7. The molecule has 1 aromatic heterocycles. The van der Waals surface area contributed by atoms with E-state index in [9.17, 15) is 5.26 Å². The van der Waals surface area contributed by atoms with E-state index in [1.165, 1.54) is 23.1 Å². The van der Waals surface area contributed by atoms with Gasteiger partial charge in [0.15, 0.2) is 0 Å². The summed E-state index contributed by atoms with van der Waals surface area (Å²) in [6, 6.07) is 58.0. The molecule has 230 valence electrons. The molecule has 8 aromatic rings. The van der Waals surface area contributed by atoms with Crippen LogP contribution in [0.15, 0.2) is 158 Å². The van der Waals surface area contributed by atoms with Crippen molar-refractivity contribution in [2.24, 2.45) is 0 Å². The Morgan fingerprint density at radius 2 is 1.04 bits per heavy atom. The molecule has 0 unspecified atom stereocenters. The Morgan fingerprint density at radius 1 is 0.520 bits per heavy atom. The van der Waals surface area contributed by atoms with Gasteiger partial charge in [-0.25, -0.2) is 0 Å². The number of anilines is 6. The molecular weight excluding hydrogens is 668 g/mol. The van der Waals surface area contributed by atoms with Crippen LogP contribution in [0.4, 0.5) is 39.8 Å². The molecule has 0 spiro atoms. The average molecular weight is 694 g/mol. The summed E-state index contributed by atoms with van der Waals surface area (Å²) in [6.45, 7) is 7.96. The molecule has 0 bridgehead atoms. The second kappa shape index (κ2) is 11.0. The van der Waals surface area contributed by atoms with E-state index in [1.807, 2.05) is 18.2 Å². The molecule has 7 aromatic carbocycles. The van der Waals surface area contributed by atoms with Crippen LogP contribution in [-0.2, 0) is 0 Å². The van der Waals surface area contributed by atoms with E-state index in [0.717, 1.165) is 50.8 Å². The van der Waals surface area contributed by atoms with Gasteiger partial charge in [0, 0.05) is 0 Å². The summed E-state index contributed by atoms with van der Waals surface area (Å²) < 4.78 is 6.38. The molecule has 6 heteroatoms. The predicted molar refractivity (Wildman–Crippen MR) is 206 cm³/mol. The molecule has 0 amide bonds. The molecule has 0 N–H and O–H groups in total. The van der Waals surface area contributed by atoms with E-state index < -0.39 is 16.2 Å². The second-order valence-corrected chi connectivity index (χ2v) is 18.4. The maximum atomic E-state index is 10.1. The summed E-state index contributed by atoms with van der Waals surface area (Å²) in [5.41, 5.74) is 11.1. The van der Waals surface area contributed by atoms with Crippen LogP contribution in [0.5, 0.6) is 0 Å². The quantitative estimate of drug-likeness (QED) is 0.137. The third-order valence-corrected chi connectivity index (χ3v) is 17.3. The number of fused-ring (bicyclic) bond motifs is 7. The van der Waals surface area contributed by atoms with Gasteiger partial charge in [-0.05, 0) is 0 Å². The molecule has 0 atom stereocenters. The molecule has 0 aliphatic carbocycles. The monoisotopic (exact) mass is 693 g/mol. The molecule has 0 saturated carbocycles. The molecule has 50 heavy (non-hydrogen) atoms. The number of hydrogen-bond acceptors (Lipinski definition) is 3. The van der Waals surface area contributed by atoms with Crippen LogP contribution in [0.25, 0.3) is 32.3 Å². The van der Waals surface area contributed by atoms with Gasteiger partial charge < -0.3 is 0 Å². The van der Waals surface area contributed by atoms with Crippen molar-refractivity contribution >= 4 is 90.2 Å². The number of nitriles is 1. The first-order chi connectivity index (χ1) is 24.7.